The number of aryl methyl sites for hydroxylation is 1. The number of hydrogen-bond donors (Lipinski definition) is 1. The summed E-state index contributed by atoms with van der Waals surface area (Å²) in [5.41, 5.74) is 1.01. The second kappa shape index (κ2) is 7.97. The summed E-state index contributed by atoms with van der Waals surface area (Å²) in [4.78, 5) is 24.0. The molecule has 1 aromatic rings. The molecule has 4 heteroatoms. The molecule has 0 radical (unpaired) electrons. The van der Waals surface area contributed by atoms with E-state index in [0.717, 1.165) is 38.5 Å². The van der Waals surface area contributed by atoms with E-state index >= 15 is 0 Å². The van der Waals surface area contributed by atoms with Crippen LogP contribution in [-0.4, -0.2) is 23.1 Å². The number of unbranched alkanes of at least 4 members (excludes halogenated alkanes) is 1. The predicted octanol–water partition coefficient (Wildman–Crippen LogP) is 4.22. The normalized spacial score (nSPS) is 15.5. The van der Waals surface area contributed by atoms with Crippen molar-refractivity contribution in [2.45, 2.75) is 64.4 Å². The van der Waals surface area contributed by atoms with Crippen molar-refractivity contribution in [2.24, 2.45) is 0 Å². The summed E-state index contributed by atoms with van der Waals surface area (Å²) in [5.74, 6) is -1.55. The Morgan fingerprint density at radius 3 is 2.59 bits per heavy atom. The Kier molecular flexibility index (Phi) is 5.99. The van der Waals surface area contributed by atoms with Crippen LogP contribution < -0.4 is 0 Å². The van der Waals surface area contributed by atoms with Crippen LogP contribution in [0, 0.1) is 0 Å². The molecule has 1 saturated carbocycles. The van der Waals surface area contributed by atoms with Crippen LogP contribution in [0.2, 0.25) is 0 Å². The maximum absolute atomic E-state index is 12.4. The fraction of sp³-hybridized carbons (Fsp3) is 0.556. The SMILES string of the molecule is CCCCc1cccc(C(=O)OC2CCCCC2)c1C(=O)O. The molecule has 120 valence electrons. The van der Waals surface area contributed by atoms with Crippen LogP contribution >= 0.6 is 0 Å². The van der Waals surface area contributed by atoms with Gasteiger partial charge in [0.15, 0.2) is 0 Å². The summed E-state index contributed by atoms with van der Waals surface area (Å²) in [6, 6.07) is 5.09. The number of carboxylic acids is 1. The summed E-state index contributed by atoms with van der Waals surface area (Å²) < 4.78 is 5.53. The number of carboxylic acid groups (broad SMARTS) is 1. The molecule has 1 aromatic carbocycles. The molecule has 0 amide bonds. The molecular formula is C18H24O4. The van der Waals surface area contributed by atoms with E-state index in [0.29, 0.717) is 12.0 Å². The van der Waals surface area contributed by atoms with Crippen LogP contribution in [0.15, 0.2) is 18.2 Å². The summed E-state index contributed by atoms with van der Waals surface area (Å²) in [7, 11) is 0. The van der Waals surface area contributed by atoms with Crippen LogP contribution in [0.5, 0.6) is 0 Å². The van der Waals surface area contributed by atoms with Crippen LogP contribution in [0.4, 0.5) is 0 Å². The van der Waals surface area contributed by atoms with E-state index in [9.17, 15) is 14.7 Å². The quantitative estimate of drug-likeness (QED) is 0.799. The summed E-state index contributed by atoms with van der Waals surface area (Å²) in [6.45, 7) is 2.06. The Morgan fingerprint density at radius 2 is 1.95 bits per heavy atom. The van der Waals surface area contributed by atoms with Crippen LogP contribution in [0.3, 0.4) is 0 Å². The number of hydrogen-bond acceptors (Lipinski definition) is 3. The smallest absolute Gasteiger partial charge is 0.339 e. The molecule has 1 aliphatic carbocycles. The first kappa shape index (κ1) is 16.5. The fourth-order valence-electron chi connectivity index (χ4n) is 3.00. The highest BCUT2D eigenvalue weighted by atomic mass is 16.5. The zero-order chi connectivity index (χ0) is 15.9. The van der Waals surface area contributed by atoms with Crippen molar-refractivity contribution < 1.29 is 19.4 Å². The Hall–Kier alpha value is -1.84. The first-order valence-corrected chi connectivity index (χ1v) is 8.19. The van der Waals surface area contributed by atoms with E-state index in [-0.39, 0.29) is 17.2 Å². The minimum Gasteiger partial charge on any atom is -0.478 e. The fourth-order valence-corrected chi connectivity index (χ4v) is 3.00. The number of rotatable bonds is 6. The lowest BCUT2D eigenvalue weighted by Crippen LogP contribution is -2.23. The van der Waals surface area contributed by atoms with Crippen molar-refractivity contribution in [1.82, 2.24) is 0 Å². The highest BCUT2D eigenvalue weighted by Crippen LogP contribution is 2.24. The van der Waals surface area contributed by atoms with Gasteiger partial charge in [-0.3, -0.25) is 0 Å². The molecule has 0 spiro atoms. The average Bonchev–Trinajstić information content (AvgIpc) is 2.53. The highest BCUT2D eigenvalue weighted by molar-refractivity contribution is 6.03. The molecule has 1 fully saturated rings. The largest absolute Gasteiger partial charge is 0.478 e. The summed E-state index contributed by atoms with van der Waals surface area (Å²) >= 11 is 0. The topological polar surface area (TPSA) is 63.6 Å². The summed E-state index contributed by atoms with van der Waals surface area (Å²) in [6.07, 6.45) is 7.57. The molecule has 1 N–H and O–H groups in total. The van der Waals surface area contributed by atoms with Gasteiger partial charge in [0.1, 0.15) is 6.10 Å². The van der Waals surface area contributed by atoms with Gasteiger partial charge in [0.25, 0.3) is 0 Å². The first-order valence-electron chi connectivity index (χ1n) is 8.19. The van der Waals surface area contributed by atoms with Crippen LogP contribution in [0.1, 0.15) is 78.1 Å². The van der Waals surface area contributed by atoms with Gasteiger partial charge in [-0.25, -0.2) is 9.59 Å². The molecule has 0 unspecified atom stereocenters. The van der Waals surface area contributed by atoms with Crippen LogP contribution in [-0.2, 0) is 11.2 Å². The second-order valence-electron chi connectivity index (χ2n) is 5.91. The standard InChI is InChI=1S/C18H24O4/c1-2-3-8-13-9-7-12-15(16(13)17(19)20)18(21)22-14-10-5-4-6-11-14/h7,9,12,14H,2-6,8,10-11H2,1H3,(H,19,20). The number of esters is 1. The molecule has 0 aromatic heterocycles. The Morgan fingerprint density at radius 1 is 1.23 bits per heavy atom. The Bertz CT molecular complexity index is 530. The van der Waals surface area contributed by atoms with Crippen molar-refractivity contribution in [3.05, 3.63) is 34.9 Å². The molecule has 22 heavy (non-hydrogen) atoms. The number of ether oxygens (including phenoxy) is 1. The van der Waals surface area contributed by atoms with Gasteiger partial charge in [0, 0.05) is 0 Å². The summed E-state index contributed by atoms with van der Waals surface area (Å²) in [5, 5.41) is 9.49. The van der Waals surface area contributed by atoms with E-state index in [2.05, 4.69) is 6.92 Å². The lowest BCUT2D eigenvalue weighted by Gasteiger charge is -2.22. The van der Waals surface area contributed by atoms with Gasteiger partial charge in [0.05, 0.1) is 11.1 Å². The molecule has 4 nitrogen and oxygen atoms in total. The van der Waals surface area contributed by atoms with Crippen molar-refractivity contribution in [3.8, 4) is 0 Å². The van der Waals surface area contributed by atoms with E-state index in [4.69, 9.17) is 4.74 Å². The van der Waals surface area contributed by atoms with Crippen molar-refractivity contribution in [1.29, 1.82) is 0 Å². The predicted molar refractivity (Wildman–Crippen MR) is 84.3 cm³/mol. The van der Waals surface area contributed by atoms with Gasteiger partial charge < -0.3 is 9.84 Å². The molecule has 0 aliphatic heterocycles. The highest BCUT2D eigenvalue weighted by Gasteiger charge is 2.24. The van der Waals surface area contributed by atoms with E-state index in [1.54, 1.807) is 18.2 Å². The zero-order valence-electron chi connectivity index (χ0n) is 13.1. The third kappa shape index (κ3) is 4.09. The lowest BCUT2D eigenvalue weighted by atomic mass is 9.96. The van der Waals surface area contributed by atoms with E-state index in [1.165, 1.54) is 6.42 Å². The van der Waals surface area contributed by atoms with E-state index < -0.39 is 11.9 Å². The number of carbonyl (C=O) groups excluding carboxylic acids is 1. The molecular weight excluding hydrogens is 280 g/mol. The van der Waals surface area contributed by atoms with Crippen molar-refractivity contribution >= 4 is 11.9 Å². The molecule has 0 bridgehead atoms. The van der Waals surface area contributed by atoms with Gasteiger partial charge in [0.2, 0.25) is 0 Å². The number of benzene rings is 1. The Labute approximate surface area is 131 Å². The molecule has 1 aliphatic rings. The van der Waals surface area contributed by atoms with Crippen LogP contribution in [0.25, 0.3) is 0 Å². The van der Waals surface area contributed by atoms with Gasteiger partial charge >= 0.3 is 11.9 Å². The maximum atomic E-state index is 12.4. The number of carbonyl (C=O) groups is 2. The lowest BCUT2D eigenvalue weighted by molar-refractivity contribution is 0.0206. The van der Waals surface area contributed by atoms with Gasteiger partial charge in [-0.05, 0) is 50.2 Å². The minimum absolute atomic E-state index is 0.0674. The monoisotopic (exact) mass is 304 g/mol. The molecule has 0 heterocycles. The minimum atomic E-state index is -1.05. The maximum Gasteiger partial charge on any atom is 0.339 e. The zero-order valence-corrected chi connectivity index (χ0v) is 13.1. The average molecular weight is 304 g/mol. The van der Waals surface area contributed by atoms with Gasteiger partial charge in [-0.1, -0.05) is 31.9 Å². The van der Waals surface area contributed by atoms with Crippen molar-refractivity contribution in [2.75, 3.05) is 0 Å². The van der Waals surface area contributed by atoms with Crippen molar-refractivity contribution in [3.63, 3.8) is 0 Å². The number of aromatic carboxylic acids is 1. The molecule has 0 atom stereocenters. The third-order valence-corrected chi connectivity index (χ3v) is 4.21. The van der Waals surface area contributed by atoms with Gasteiger partial charge in [-0.15, -0.1) is 0 Å². The molecule has 2 rings (SSSR count). The third-order valence-electron chi connectivity index (χ3n) is 4.21. The van der Waals surface area contributed by atoms with E-state index in [1.807, 2.05) is 0 Å². The van der Waals surface area contributed by atoms with Gasteiger partial charge in [-0.2, -0.15) is 0 Å². The molecule has 0 saturated heterocycles. The Balaban J connectivity index is 2.20. The first-order chi connectivity index (χ1) is 10.6. The second-order valence-corrected chi connectivity index (χ2v) is 5.91.